The molecule has 0 atom stereocenters. The topological polar surface area (TPSA) is 42.7 Å². The average molecular weight is 282 g/mol. The minimum Gasteiger partial charge on any atom is -0.310 e. The van der Waals surface area contributed by atoms with Gasteiger partial charge in [0.15, 0.2) is 11.6 Å². The van der Waals surface area contributed by atoms with E-state index in [1.54, 1.807) is 23.1 Å². The van der Waals surface area contributed by atoms with E-state index in [1.807, 2.05) is 24.3 Å². The maximum absolute atomic E-state index is 14.7. The Hall–Kier alpha value is -2.27. The normalized spacial score (nSPS) is 14.7. The fourth-order valence-corrected chi connectivity index (χ4v) is 2.44. The van der Waals surface area contributed by atoms with E-state index in [9.17, 15) is 4.39 Å². The second-order valence-electron chi connectivity index (χ2n) is 5.38. The SMILES string of the molecule is Fc1c(CNC2CC2)ccnc1-n1ncc2ccccc21. The van der Waals surface area contributed by atoms with Crippen LogP contribution in [-0.4, -0.2) is 20.8 Å². The van der Waals surface area contributed by atoms with Gasteiger partial charge in [-0.25, -0.2) is 14.1 Å². The summed E-state index contributed by atoms with van der Waals surface area (Å²) in [5, 5.41) is 8.57. The summed E-state index contributed by atoms with van der Waals surface area (Å²) in [7, 11) is 0. The Labute approximate surface area is 121 Å². The van der Waals surface area contributed by atoms with Crippen molar-refractivity contribution in [1.82, 2.24) is 20.1 Å². The number of benzene rings is 1. The molecule has 0 spiro atoms. The molecule has 1 aromatic carbocycles. The van der Waals surface area contributed by atoms with Gasteiger partial charge in [0.1, 0.15) is 0 Å². The first-order valence-electron chi connectivity index (χ1n) is 7.13. The zero-order valence-corrected chi connectivity index (χ0v) is 11.5. The van der Waals surface area contributed by atoms with Crippen LogP contribution >= 0.6 is 0 Å². The molecule has 1 fully saturated rings. The number of halogens is 1. The number of aromatic nitrogens is 3. The molecule has 21 heavy (non-hydrogen) atoms. The molecule has 5 heteroatoms. The van der Waals surface area contributed by atoms with Gasteiger partial charge in [-0.1, -0.05) is 18.2 Å². The molecule has 0 aliphatic heterocycles. The van der Waals surface area contributed by atoms with Crippen molar-refractivity contribution >= 4 is 10.9 Å². The van der Waals surface area contributed by atoms with Crippen molar-refractivity contribution in [3.05, 3.63) is 54.1 Å². The molecule has 2 aromatic heterocycles. The van der Waals surface area contributed by atoms with Gasteiger partial charge < -0.3 is 5.32 Å². The monoisotopic (exact) mass is 282 g/mol. The van der Waals surface area contributed by atoms with E-state index in [-0.39, 0.29) is 11.6 Å². The number of para-hydroxylation sites is 1. The first kappa shape index (κ1) is 12.5. The number of pyridine rings is 1. The molecule has 1 aliphatic carbocycles. The lowest BCUT2D eigenvalue weighted by Crippen LogP contribution is -2.17. The van der Waals surface area contributed by atoms with E-state index < -0.39 is 0 Å². The third-order valence-corrected chi connectivity index (χ3v) is 3.79. The molecular weight excluding hydrogens is 267 g/mol. The molecule has 2 heterocycles. The standard InChI is InChI=1S/C16H15FN4/c17-15-12(9-19-13-5-6-13)7-8-18-16(15)21-14-4-2-1-3-11(14)10-20-21/h1-4,7-8,10,13,19H,5-6,9H2. The number of rotatable bonds is 4. The Balaban J connectivity index is 1.75. The summed E-state index contributed by atoms with van der Waals surface area (Å²) in [6.45, 7) is 0.533. The maximum atomic E-state index is 14.7. The summed E-state index contributed by atoms with van der Waals surface area (Å²) in [6, 6.07) is 9.99. The molecule has 4 nitrogen and oxygen atoms in total. The number of fused-ring (bicyclic) bond motifs is 1. The average Bonchev–Trinajstić information content (AvgIpc) is 3.24. The van der Waals surface area contributed by atoms with Gasteiger partial charge >= 0.3 is 0 Å². The second-order valence-corrected chi connectivity index (χ2v) is 5.38. The first-order chi connectivity index (χ1) is 10.3. The molecule has 1 saturated carbocycles. The fraction of sp³-hybridized carbons (Fsp3) is 0.250. The van der Waals surface area contributed by atoms with Crippen LogP contribution in [-0.2, 0) is 6.54 Å². The van der Waals surface area contributed by atoms with Crippen molar-refractivity contribution in [2.75, 3.05) is 0 Å². The highest BCUT2D eigenvalue weighted by Gasteiger charge is 2.21. The van der Waals surface area contributed by atoms with E-state index in [0.717, 1.165) is 10.9 Å². The predicted octanol–water partition coefficient (Wildman–Crippen LogP) is 2.81. The van der Waals surface area contributed by atoms with Gasteiger partial charge in [0, 0.05) is 29.7 Å². The van der Waals surface area contributed by atoms with Crippen molar-refractivity contribution in [2.45, 2.75) is 25.4 Å². The van der Waals surface area contributed by atoms with E-state index in [4.69, 9.17) is 0 Å². The van der Waals surface area contributed by atoms with Crippen LogP contribution in [0.25, 0.3) is 16.7 Å². The van der Waals surface area contributed by atoms with Gasteiger partial charge in [0.05, 0.1) is 11.7 Å². The number of hydrogen-bond donors (Lipinski definition) is 1. The molecule has 0 amide bonds. The molecule has 1 N–H and O–H groups in total. The van der Waals surface area contributed by atoms with Crippen LogP contribution in [0.15, 0.2) is 42.7 Å². The molecular formula is C16H15FN4. The van der Waals surface area contributed by atoms with Crippen molar-refractivity contribution in [3.8, 4) is 5.82 Å². The van der Waals surface area contributed by atoms with Gasteiger partial charge in [-0.05, 0) is 25.0 Å². The lowest BCUT2D eigenvalue weighted by Gasteiger charge is -2.09. The molecule has 0 unspecified atom stereocenters. The summed E-state index contributed by atoms with van der Waals surface area (Å²) in [5.41, 5.74) is 1.49. The largest absolute Gasteiger partial charge is 0.310 e. The summed E-state index contributed by atoms with van der Waals surface area (Å²) < 4.78 is 16.2. The minimum atomic E-state index is -0.306. The highest BCUT2D eigenvalue weighted by molar-refractivity contribution is 5.79. The van der Waals surface area contributed by atoms with Crippen LogP contribution in [0.5, 0.6) is 0 Å². The van der Waals surface area contributed by atoms with Crippen molar-refractivity contribution in [1.29, 1.82) is 0 Å². The number of nitrogens with one attached hydrogen (secondary N) is 1. The van der Waals surface area contributed by atoms with Gasteiger partial charge in [-0.2, -0.15) is 5.10 Å². The van der Waals surface area contributed by atoms with Gasteiger partial charge in [-0.15, -0.1) is 0 Å². The lowest BCUT2D eigenvalue weighted by atomic mass is 10.2. The molecule has 0 radical (unpaired) electrons. The molecule has 4 rings (SSSR count). The number of hydrogen-bond acceptors (Lipinski definition) is 3. The van der Waals surface area contributed by atoms with Crippen molar-refractivity contribution in [3.63, 3.8) is 0 Å². The second kappa shape index (κ2) is 4.93. The van der Waals surface area contributed by atoms with Crippen LogP contribution in [0.3, 0.4) is 0 Å². The Bertz CT molecular complexity index is 792. The van der Waals surface area contributed by atoms with Crippen LogP contribution in [0.4, 0.5) is 4.39 Å². The van der Waals surface area contributed by atoms with Crippen LogP contribution in [0.2, 0.25) is 0 Å². The summed E-state index contributed by atoms with van der Waals surface area (Å²) in [5.74, 6) is -0.0502. The molecule has 0 bridgehead atoms. The van der Waals surface area contributed by atoms with E-state index in [0.29, 0.717) is 18.2 Å². The molecule has 1 aliphatic rings. The summed E-state index contributed by atoms with van der Waals surface area (Å²) in [4.78, 5) is 4.17. The Kier molecular flexibility index (Phi) is 2.93. The van der Waals surface area contributed by atoms with Crippen LogP contribution in [0.1, 0.15) is 18.4 Å². The van der Waals surface area contributed by atoms with Crippen LogP contribution < -0.4 is 5.32 Å². The van der Waals surface area contributed by atoms with E-state index in [2.05, 4.69) is 15.4 Å². The molecule has 3 aromatic rings. The smallest absolute Gasteiger partial charge is 0.190 e. The fourth-order valence-electron chi connectivity index (χ4n) is 2.44. The highest BCUT2D eigenvalue weighted by Crippen LogP contribution is 2.22. The Morgan fingerprint density at radius 1 is 1.24 bits per heavy atom. The third kappa shape index (κ3) is 2.29. The Morgan fingerprint density at radius 3 is 2.95 bits per heavy atom. The van der Waals surface area contributed by atoms with Crippen molar-refractivity contribution < 1.29 is 4.39 Å². The summed E-state index contributed by atoms with van der Waals surface area (Å²) >= 11 is 0. The summed E-state index contributed by atoms with van der Waals surface area (Å²) in [6.07, 6.45) is 5.73. The maximum Gasteiger partial charge on any atom is 0.190 e. The predicted molar refractivity (Wildman–Crippen MR) is 78.7 cm³/mol. The van der Waals surface area contributed by atoms with Crippen molar-refractivity contribution in [2.24, 2.45) is 0 Å². The first-order valence-corrected chi connectivity index (χ1v) is 7.13. The molecule has 0 saturated heterocycles. The van der Waals surface area contributed by atoms with Gasteiger partial charge in [-0.3, -0.25) is 0 Å². The van der Waals surface area contributed by atoms with E-state index in [1.165, 1.54) is 12.8 Å². The molecule has 106 valence electrons. The number of nitrogens with zero attached hydrogens (tertiary/aromatic N) is 3. The van der Waals surface area contributed by atoms with E-state index >= 15 is 0 Å². The van der Waals surface area contributed by atoms with Crippen LogP contribution in [0, 0.1) is 5.82 Å². The zero-order chi connectivity index (χ0) is 14.2. The van der Waals surface area contributed by atoms with Gasteiger partial charge in [0.2, 0.25) is 0 Å². The zero-order valence-electron chi connectivity index (χ0n) is 11.5. The lowest BCUT2D eigenvalue weighted by molar-refractivity contribution is 0.569. The highest BCUT2D eigenvalue weighted by atomic mass is 19.1. The minimum absolute atomic E-state index is 0.256. The third-order valence-electron chi connectivity index (χ3n) is 3.79. The van der Waals surface area contributed by atoms with Gasteiger partial charge in [0.25, 0.3) is 0 Å². The Morgan fingerprint density at radius 2 is 2.10 bits per heavy atom. The quantitative estimate of drug-likeness (QED) is 0.800.